The van der Waals surface area contributed by atoms with Crippen LogP contribution < -0.4 is 5.32 Å². The molecule has 0 aliphatic carbocycles. The zero-order chi connectivity index (χ0) is 23.5. The van der Waals surface area contributed by atoms with Crippen molar-refractivity contribution in [2.45, 2.75) is 19.9 Å². The monoisotopic (exact) mass is 450 g/mol. The Hall–Kier alpha value is -4.59. The Bertz CT molecular complexity index is 1410. The molecule has 0 aliphatic heterocycles. The summed E-state index contributed by atoms with van der Waals surface area (Å²) in [6.45, 7) is 3.95. The number of amides is 1. The molecular formula is C26H22N6O2. The summed E-state index contributed by atoms with van der Waals surface area (Å²) < 4.78 is 7.55. The summed E-state index contributed by atoms with van der Waals surface area (Å²) >= 11 is 0. The van der Waals surface area contributed by atoms with Gasteiger partial charge in [0, 0.05) is 16.7 Å². The van der Waals surface area contributed by atoms with Crippen molar-refractivity contribution >= 4 is 5.91 Å². The van der Waals surface area contributed by atoms with Crippen LogP contribution in [0.2, 0.25) is 0 Å². The number of aromatic nitrogens is 5. The Kier molecular flexibility index (Phi) is 5.70. The van der Waals surface area contributed by atoms with E-state index in [0.717, 1.165) is 27.9 Å². The third-order valence-electron chi connectivity index (χ3n) is 5.62. The van der Waals surface area contributed by atoms with Crippen molar-refractivity contribution in [1.29, 1.82) is 0 Å². The third kappa shape index (κ3) is 4.33. The Morgan fingerprint density at radius 1 is 0.941 bits per heavy atom. The fourth-order valence-corrected chi connectivity index (χ4v) is 3.65. The van der Waals surface area contributed by atoms with Crippen molar-refractivity contribution in [2.75, 3.05) is 0 Å². The standard InChI is InChI=1S/C26H22N6O2/c1-17-5-3-4-6-23(17)26-31-30-25(34-26)21-9-7-20(8-10-21)24(33)29-18(2)19-11-13-22(14-12-19)32-16-27-15-28-32/h3-16,18H,1-2H3,(H,29,33). The van der Waals surface area contributed by atoms with Crippen molar-refractivity contribution in [1.82, 2.24) is 30.3 Å². The van der Waals surface area contributed by atoms with E-state index in [0.29, 0.717) is 17.3 Å². The number of hydrogen-bond acceptors (Lipinski definition) is 6. The Morgan fingerprint density at radius 2 is 1.68 bits per heavy atom. The van der Waals surface area contributed by atoms with Crippen LogP contribution in [0.4, 0.5) is 0 Å². The van der Waals surface area contributed by atoms with E-state index in [2.05, 4.69) is 25.6 Å². The van der Waals surface area contributed by atoms with E-state index < -0.39 is 0 Å². The van der Waals surface area contributed by atoms with E-state index in [4.69, 9.17) is 4.42 Å². The van der Waals surface area contributed by atoms with E-state index in [1.54, 1.807) is 23.1 Å². The topological polar surface area (TPSA) is 98.7 Å². The molecule has 1 atom stereocenters. The fraction of sp³-hybridized carbons (Fsp3) is 0.115. The van der Waals surface area contributed by atoms with Gasteiger partial charge in [0.2, 0.25) is 11.8 Å². The average molecular weight is 451 g/mol. The number of hydrogen-bond donors (Lipinski definition) is 1. The lowest BCUT2D eigenvalue weighted by Crippen LogP contribution is -2.26. The highest BCUT2D eigenvalue weighted by Gasteiger charge is 2.15. The number of rotatable bonds is 6. The van der Waals surface area contributed by atoms with Gasteiger partial charge in [-0.25, -0.2) is 9.67 Å². The van der Waals surface area contributed by atoms with Gasteiger partial charge in [0.1, 0.15) is 12.7 Å². The summed E-state index contributed by atoms with van der Waals surface area (Å²) in [5, 5.41) is 15.5. The second kappa shape index (κ2) is 9.11. The van der Waals surface area contributed by atoms with E-state index >= 15 is 0 Å². The molecule has 0 saturated carbocycles. The van der Waals surface area contributed by atoms with Crippen molar-refractivity contribution in [3.05, 3.63) is 102 Å². The molecule has 1 unspecified atom stereocenters. The maximum absolute atomic E-state index is 12.8. The molecule has 2 heterocycles. The van der Waals surface area contributed by atoms with Gasteiger partial charge in [-0.05, 0) is 67.4 Å². The molecule has 0 radical (unpaired) electrons. The van der Waals surface area contributed by atoms with Gasteiger partial charge in [0.25, 0.3) is 5.91 Å². The van der Waals surface area contributed by atoms with Crippen molar-refractivity contribution in [2.24, 2.45) is 0 Å². The second-order valence-electron chi connectivity index (χ2n) is 7.93. The first-order chi connectivity index (χ1) is 16.6. The average Bonchev–Trinajstić information content (AvgIpc) is 3.57. The minimum absolute atomic E-state index is 0.162. The maximum atomic E-state index is 12.8. The molecule has 34 heavy (non-hydrogen) atoms. The number of carbonyl (C=O) groups excluding carboxylic acids is 1. The number of carbonyl (C=O) groups is 1. The largest absolute Gasteiger partial charge is 0.416 e. The maximum Gasteiger partial charge on any atom is 0.251 e. The minimum Gasteiger partial charge on any atom is -0.416 e. The van der Waals surface area contributed by atoms with Gasteiger partial charge in [0.05, 0.1) is 11.7 Å². The highest BCUT2D eigenvalue weighted by atomic mass is 16.4. The summed E-state index contributed by atoms with van der Waals surface area (Å²) in [5.74, 6) is 0.718. The van der Waals surface area contributed by atoms with Crippen LogP contribution in [0.5, 0.6) is 0 Å². The Labute approximate surface area is 196 Å². The minimum atomic E-state index is -0.162. The molecule has 1 N–H and O–H groups in total. The van der Waals surface area contributed by atoms with E-state index in [9.17, 15) is 4.79 Å². The summed E-state index contributed by atoms with van der Waals surface area (Å²) in [6, 6.07) is 22.6. The van der Waals surface area contributed by atoms with Crippen LogP contribution in [0.25, 0.3) is 28.6 Å². The molecule has 0 bridgehead atoms. The second-order valence-corrected chi connectivity index (χ2v) is 7.93. The Balaban J connectivity index is 1.25. The predicted octanol–water partition coefficient (Wildman–Crippen LogP) is 4.78. The lowest BCUT2D eigenvalue weighted by molar-refractivity contribution is 0.0940. The van der Waals surface area contributed by atoms with Crippen molar-refractivity contribution in [3.63, 3.8) is 0 Å². The fourth-order valence-electron chi connectivity index (χ4n) is 3.65. The summed E-state index contributed by atoms with van der Waals surface area (Å²) in [6.07, 6.45) is 3.13. The molecule has 168 valence electrons. The van der Waals surface area contributed by atoms with Crippen LogP contribution in [-0.2, 0) is 0 Å². The molecule has 5 aromatic rings. The number of nitrogens with one attached hydrogen (secondary N) is 1. The number of aryl methyl sites for hydroxylation is 1. The van der Waals surface area contributed by atoms with Crippen molar-refractivity contribution < 1.29 is 9.21 Å². The van der Waals surface area contributed by atoms with Gasteiger partial charge in [-0.2, -0.15) is 5.10 Å². The Morgan fingerprint density at radius 3 is 2.38 bits per heavy atom. The SMILES string of the molecule is Cc1ccccc1-c1nnc(-c2ccc(C(=O)NC(C)c3ccc(-n4cncn4)cc3)cc2)o1. The molecule has 8 heteroatoms. The smallest absolute Gasteiger partial charge is 0.251 e. The molecule has 5 rings (SSSR count). The van der Waals surface area contributed by atoms with Crippen LogP contribution in [0.3, 0.4) is 0 Å². The molecule has 2 aromatic heterocycles. The normalized spacial score (nSPS) is 11.8. The van der Waals surface area contributed by atoms with Gasteiger partial charge in [-0.3, -0.25) is 4.79 Å². The van der Waals surface area contributed by atoms with Gasteiger partial charge in [-0.15, -0.1) is 10.2 Å². The molecule has 0 aliphatic rings. The predicted molar refractivity (Wildman–Crippen MR) is 127 cm³/mol. The first-order valence-electron chi connectivity index (χ1n) is 10.8. The molecule has 8 nitrogen and oxygen atoms in total. The van der Waals surface area contributed by atoms with Crippen LogP contribution in [0.15, 0.2) is 89.9 Å². The molecule has 1 amide bonds. The van der Waals surface area contributed by atoms with E-state index in [-0.39, 0.29) is 11.9 Å². The summed E-state index contributed by atoms with van der Waals surface area (Å²) in [7, 11) is 0. The summed E-state index contributed by atoms with van der Waals surface area (Å²) in [4.78, 5) is 16.7. The van der Waals surface area contributed by atoms with E-state index in [1.165, 1.54) is 6.33 Å². The van der Waals surface area contributed by atoms with Crippen LogP contribution in [0.1, 0.15) is 34.5 Å². The number of nitrogens with zero attached hydrogens (tertiary/aromatic N) is 5. The molecule has 0 spiro atoms. The third-order valence-corrected chi connectivity index (χ3v) is 5.62. The number of benzene rings is 3. The highest BCUT2D eigenvalue weighted by Crippen LogP contribution is 2.26. The van der Waals surface area contributed by atoms with Crippen LogP contribution in [-0.4, -0.2) is 30.9 Å². The lowest BCUT2D eigenvalue weighted by atomic mass is 10.1. The van der Waals surface area contributed by atoms with E-state index in [1.807, 2.05) is 74.5 Å². The van der Waals surface area contributed by atoms with Gasteiger partial charge in [-0.1, -0.05) is 30.3 Å². The molecule has 3 aromatic carbocycles. The molecular weight excluding hydrogens is 428 g/mol. The first kappa shape index (κ1) is 21.3. The van der Waals surface area contributed by atoms with Crippen LogP contribution >= 0.6 is 0 Å². The first-order valence-corrected chi connectivity index (χ1v) is 10.8. The van der Waals surface area contributed by atoms with Gasteiger partial charge >= 0.3 is 0 Å². The summed E-state index contributed by atoms with van der Waals surface area (Å²) in [5.41, 5.74) is 5.16. The van der Waals surface area contributed by atoms with Gasteiger partial charge < -0.3 is 9.73 Å². The quantitative estimate of drug-likeness (QED) is 0.400. The lowest BCUT2D eigenvalue weighted by Gasteiger charge is -2.15. The van der Waals surface area contributed by atoms with Gasteiger partial charge in [0.15, 0.2) is 0 Å². The van der Waals surface area contributed by atoms with Crippen molar-refractivity contribution in [3.8, 4) is 28.6 Å². The zero-order valence-electron chi connectivity index (χ0n) is 18.7. The molecule has 0 fully saturated rings. The highest BCUT2D eigenvalue weighted by molar-refractivity contribution is 5.94. The van der Waals surface area contributed by atoms with Crippen LogP contribution in [0, 0.1) is 6.92 Å². The zero-order valence-corrected chi connectivity index (χ0v) is 18.7. The molecule has 0 saturated heterocycles.